The Morgan fingerprint density at radius 3 is 2.50 bits per heavy atom. The molecule has 0 atom stereocenters. The molecule has 1 rings (SSSR count). The monoisotopic (exact) mass is 262 g/mol. The molecule has 0 saturated heterocycles. The molecular weight excluding hydrogens is 254 g/mol. The Morgan fingerprint density at radius 1 is 1.50 bits per heavy atom. The van der Waals surface area contributed by atoms with E-state index in [0.29, 0.717) is 6.20 Å². The highest BCUT2D eigenvalue weighted by molar-refractivity contribution is 5.95. The van der Waals surface area contributed by atoms with Crippen LogP contribution in [0.2, 0.25) is 0 Å². The van der Waals surface area contributed by atoms with Gasteiger partial charge in [-0.05, 0) is 0 Å². The zero-order chi connectivity index (χ0) is 13.9. The SMILES string of the molecule is COC(=O)c1c(C(F)F)ncc([N+](=O)[O-])c1OC. The van der Waals surface area contributed by atoms with Gasteiger partial charge in [-0.1, -0.05) is 0 Å². The smallest absolute Gasteiger partial charge is 0.344 e. The molecule has 0 unspecified atom stereocenters. The number of nitrogens with zero attached hydrogens (tertiary/aromatic N) is 2. The summed E-state index contributed by atoms with van der Waals surface area (Å²) in [6, 6.07) is 0. The van der Waals surface area contributed by atoms with Crippen molar-refractivity contribution >= 4 is 11.7 Å². The van der Waals surface area contributed by atoms with Gasteiger partial charge in [-0.3, -0.25) is 10.1 Å². The first-order chi connectivity index (χ1) is 8.43. The van der Waals surface area contributed by atoms with Crippen LogP contribution in [0.3, 0.4) is 0 Å². The second-order valence-corrected chi connectivity index (χ2v) is 2.99. The molecule has 1 aromatic rings. The largest absolute Gasteiger partial charge is 0.489 e. The van der Waals surface area contributed by atoms with Crippen LogP contribution in [0.5, 0.6) is 5.75 Å². The lowest BCUT2D eigenvalue weighted by atomic mass is 10.1. The summed E-state index contributed by atoms with van der Waals surface area (Å²) in [6.07, 6.45) is -2.49. The van der Waals surface area contributed by atoms with Crippen molar-refractivity contribution in [2.45, 2.75) is 6.43 Å². The number of carbonyl (C=O) groups is 1. The molecule has 18 heavy (non-hydrogen) atoms. The fourth-order valence-electron chi connectivity index (χ4n) is 1.30. The predicted molar refractivity (Wildman–Crippen MR) is 53.7 cm³/mol. The summed E-state index contributed by atoms with van der Waals surface area (Å²) < 4.78 is 34.3. The molecule has 0 N–H and O–H groups in total. The van der Waals surface area contributed by atoms with Gasteiger partial charge in [0, 0.05) is 0 Å². The number of carbonyl (C=O) groups excluding carboxylic acids is 1. The number of ether oxygens (including phenoxy) is 2. The Labute approximate surface area is 99.5 Å². The van der Waals surface area contributed by atoms with E-state index in [9.17, 15) is 23.7 Å². The van der Waals surface area contributed by atoms with Gasteiger partial charge in [-0.15, -0.1) is 0 Å². The molecule has 0 aliphatic rings. The van der Waals surface area contributed by atoms with Gasteiger partial charge in [0.15, 0.2) is 0 Å². The maximum Gasteiger partial charge on any atom is 0.344 e. The van der Waals surface area contributed by atoms with Gasteiger partial charge in [0.25, 0.3) is 6.43 Å². The van der Waals surface area contributed by atoms with Crippen LogP contribution in [0.4, 0.5) is 14.5 Å². The number of methoxy groups -OCH3 is 2. The van der Waals surface area contributed by atoms with Crippen molar-refractivity contribution in [1.29, 1.82) is 0 Å². The van der Waals surface area contributed by atoms with E-state index in [1.54, 1.807) is 0 Å². The van der Waals surface area contributed by atoms with Gasteiger partial charge in [0.05, 0.1) is 19.1 Å². The molecule has 98 valence electrons. The number of nitro groups is 1. The third-order valence-electron chi connectivity index (χ3n) is 2.04. The predicted octanol–water partition coefficient (Wildman–Crippen LogP) is 1.72. The van der Waals surface area contributed by atoms with E-state index < -0.39 is 40.0 Å². The summed E-state index contributed by atoms with van der Waals surface area (Å²) in [5.41, 5.74) is -2.36. The summed E-state index contributed by atoms with van der Waals surface area (Å²) in [7, 11) is 1.97. The fraction of sp³-hybridized carbons (Fsp3) is 0.333. The van der Waals surface area contributed by atoms with Gasteiger partial charge in [-0.2, -0.15) is 0 Å². The third-order valence-corrected chi connectivity index (χ3v) is 2.04. The zero-order valence-electron chi connectivity index (χ0n) is 9.35. The Hall–Kier alpha value is -2.32. The summed E-state index contributed by atoms with van der Waals surface area (Å²) >= 11 is 0. The molecule has 0 aromatic carbocycles. The van der Waals surface area contributed by atoms with Crippen LogP contribution in [-0.2, 0) is 4.74 Å². The van der Waals surface area contributed by atoms with E-state index in [1.165, 1.54) is 0 Å². The Balaban J connectivity index is 3.61. The standard InChI is InChI=1S/C9H8F2N2O5/c1-17-7-4(13(15)16)3-12-6(8(10)11)5(7)9(14)18-2/h3,8H,1-2H3. The summed E-state index contributed by atoms with van der Waals surface area (Å²) in [5, 5.41) is 10.7. The second kappa shape index (κ2) is 5.34. The molecule has 9 heteroatoms. The van der Waals surface area contributed by atoms with E-state index in [4.69, 9.17) is 0 Å². The van der Waals surface area contributed by atoms with Crippen LogP contribution in [0.25, 0.3) is 0 Å². The minimum absolute atomic E-state index is 0.600. The van der Waals surface area contributed by atoms with Gasteiger partial charge in [0.2, 0.25) is 5.75 Å². The fourth-order valence-corrected chi connectivity index (χ4v) is 1.30. The molecule has 1 aromatic heterocycles. The van der Waals surface area contributed by atoms with Crippen LogP contribution < -0.4 is 4.74 Å². The number of esters is 1. The zero-order valence-corrected chi connectivity index (χ0v) is 9.35. The molecule has 7 nitrogen and oxygen atoms in total. The lowest BCUT2D eigenvalue weighted by Gasteiger charge is -2.10. The highest BCUT2D eigenvalue weighted by Crippen LogP contribution is 2.35. The molecular formula is C9H8F2N2O5. The van der Waals surface area contributed by atoms with Crippen molar-refractivity contribution in [3.63, 3.8) is 0 Å². The highest BCUT2D eigenvalue weighted by Gasteiger charge is 2.31. The van der Waals surface area contributed by atoms with E-state index in [1.807, 2.05) is 0 Å². The third kappa shape index (κ3) is 2.34. The van der Waals surface area contributed by atoms with Crippen LogP contribution in [-0.4, -0.2) is 30.1 Å². The maximum absolute atomic E-state index is 12.7. The van der Waals surface area contributed by atoms with Gasteiger partial charge >= 0.3 is 11.7 Å². The minimum atomic E-state index is -3.09. The number of alkyl halides is 2. The first kappa shape index (κ1) is 13.7. The van der Waals surface area contributed by atoms with Crippen molar-refractivity contribution in [3.05, 3.63) is 27.6 Å². The first-order valence-electron chi connectivity index (χ1n) is 4.51. The van der Waals surface area contributed by atoms with Crippen LogP contribution >= 0.6 is 0 Å². The van der Waals surface area contributed by atoms with Crippen LogP contribution in [0.1, 0.15) is 22.5 Å². The molecule has 0 spiro atoms. The first-order valence-corrected chi connectivity index (χ1v) is 4.51. The molecule has 0 radical (unpaired) electrons. The summed E-state index contributed by atoms with van der Waals surface area (Å²) in [6.45, 7) is 0. The molecule has 1 heterocycles. The van der Waals surface area contributed by atoms with Gasteiger partial charge < -0.3 is 9.47 Å². The van der Waals surface area contributed by atoms with E-state index in [-0.39, 0.29) is 0 Å². The highest BCUT2D eigenvalue weighted by atomic mass is 19.3. The molecule has 0 saturated carbocycles. The number of rotatable bonds is 4. The number of aromatic nitrogens is 1. The second-order valence-electron chi connectivity index (χ2n) is 2.99. The average Bonchev–Trinajstić information content (AvgIpc) is 2.35. The Morgan fingerprint density at radius 2 is 2.11 bits per heavy atom. The van der Waals surface area contributed by atoms with E-state index in [0.717, 1.165) is 14.2 Å². The van der Waals surface area contributed by atoms with Crippen molar-refractivity contribution < 1.29 is 28.0 Å². The molecule has 0 amide bonds. The lowest BCUT2D eigenvalue weighted by molar-refractivity contribution is -0.386. The van der Waals surface area contributed by atoms with Crippen molar-refractivity contribution in [2.75, 3.05) is 14.2 Å². The van der Waals surface area contributed by atoms with Crippen LogP contribution in [0, 0.1) is 10.1 Å². The molecule has 0 bridgehead atoms. The summed E-state index contributed by atoms with van der Waals surface area (Å²) in [4.78, 5) is 24.4. The van der Waals surface area contributed by atoms with E-state index >= 15 is 0 Å². The topological polar surface area (TPSA) is 91.6 Å². The van der Waals surface area contributed by atoms with Gasteiger partial charge in [-0.25, -0.2) is 18.6 Å². The molecule has 0 aliphatic carbocycles. The Kier molecular flexibility index (Phi) is 4.08. The molecule has 0 fully saturated rings. The minimum Gasteiger partial charge on any atom is -0.489 e. The molecule has 0 aliphatic heterocycles. The van der Waals surface area contributed by atoms with Crippen molar-refractivity contribution in [2.24, 2.45) is 0 Å². The Bertz CT molecular complexity index is 492. The number of pyridine rings is 1. The number of hydrogen-bond donors (Lipinski definition) is 0. The quantitative estimate of drug-likeness (QED) is 0.466. The van der Waals surface area contributed by atoms with Crippen LogP contribution in [0.15, 0.2) is 6.20 Å². The van der Waals surface area contributed by atoms with Crippen molar-refractivity contribution in [3.8, 4) is 5.75 Å². The number of hydrogen-bond acceptors (Lipinski definition) is 6. The van der Waals surface area contributed by atoms with Gasteiger partial charge in [0.1, 0.15) is 17.5 Å². The number of halogens is 2. The van der Waals surface area contributed by atoms with Crippen molar-refractivity contribution in [1.82, 2.24) is 4.98 Å². The normalized spacial score (nSPS) is 10.3. The summed E-state index contributed by atoms with van der Waals surface area (Å²) in [5.74, 6) is -1.78. The average molecular weight is 262 g/mol. The van der Waals surface area contributed by atoms with E-state index in [2.05, 4.69) is 14.5 Å². The lowest BCUT2D eigenvalue weighted by Crippen LogP contribution is -2.12. The maximum atomic E-state index is 12.7.